The number of sulfonamides is 1. The first-order valence-electron chi connectivity index (χ1n) is 2.43. The number of hydrogen-bond donors (Lipinski definition) is 2. The normalized spacial score (nSPS) is 11.7. The van der Waals surface area contributed by atoms with Crippen LogP contribution < -0.4 is 10.7 Å². The van der Waals surface area contributed by atoms with Crippen LogP contribution in [0.25, 0.3) is 0 Å². The van der Waals surface area contributed by atoms with Gasteiger partial charge in [0.25, 0.3) is 10.0 Å². The zero-order chi connectivity index (χ0) is 7.61. The van der Waals surface area contributed by atoms with Crippen LogP contribution in [0.4, 0.5) is 0 Å². The summed E-state index contributed by atoms with van der Waals surface area (Å²) in [6, 6.07) is 2.76. The standard InChI is InChI=1S/C4H6N2O3S/c5-6-10(7,8)4-2-1-3-9-4/h1-3,6H,5H2. The molecule has 56 valence electrons. The molecule has 0 fully saturated rings. The van der Waals surface area contributed by atoms with Crippen LogP contribution in [0, 0.1) is 0 Å². The first-order chi connectivity index (χ1) is 4.67. The van der Waals surface area contributed by atoms with Gasteiger partial charge < -0.3 is 4.42 Å². The number of hydrogen-bond acceptors (Lipinski definition) is 4. The minimum Gasteiger partial charge on any atom is -0.452 e. The molecule has 1 aromatic rings. The Labute approximate surface area is 57.8 Å². The van der Waals surface area contributed by atoms with Crippen LogP contribution in [-0.2, 0) is 10.0 Å². The Morgan fingerprint density at radius 1 is 1.60 bits per heavy atom. The molecule has 1 rings (SSSR count). The largest absolute Gasteiger partial charge is 0.452 e. The molecule has 0 bridgehead atoms. The fraction of sp³-hybridized carbons (Fsp3) is 0. The van der Waals surface area contributed by atoms with E-state index in [1.165, 1.54) is 18.4 Å². The lowest BCUT2D eigenvalue weighted by Crippen LogP contribution is -2.29. The Morgan fingerprint density at radius 3 is 2.70 bits per heavy atom. The minimum atomic E-state index is -3.59. The molecular formula is C4H6N2O3S. The SMILES string of the molecule is NNS(=O)(=O)c1ccco1. The van der Waals surface area contributed by atoms with E-state index in [9.17, 15) is 8.42 Å². The molecule has 0 radical (unpaired) electrons. The summed E-state index contributed by atoms with van der Waals surface area (Å²) in [6.45, 7) is 0. The van der Waals surface area contributed by atoms with Crippen LogP contribution in [0.1, 0.15) is 0 Å². The van der Waals surface area contributed by atoms with Crippen molar-refractivity contribution in [2.24, 2.45) is 5.84 Å². The van der Waals surface area contributed by atoms with E-state index >= 15 is 0 Å². The second-order valence-electron chi connectivity index (χ2n) is 1.55. The first-order valence-corrected chi connectivity index (χ1v) is 3.91. The van der Waals surface area contributed by atoms with Gasteiger partial charge in [-0.2, -0.15) is 0 Å². The lowest BCUT2D eigenvalue weighted by atomic mass is 10.7. The molecule has 0 aliphatic carbocycles. The van der Waals surface area contributed by atoms with Crippen molar-refractivity contribution < 1.29 is 12.8 Å². The van der Waals surface area contributed by atoms with Crippen molar-refractivity contribution in [2.75, 3.05) is 0 Å². The van der Waals surface area contributed by atoms with Crippen LogP contribution in [0.3, 0.4) is 0 Å². The number of nitrogens with two attached hydrogens (primary N) is 1. The molecule has 10 heavy (non-hydrogen) atoms. The minimum absolute atomic E-state index is 0.185. The fourth-order valence-electron chi connectivity index (χ4n) is 0.474. The molecule has 1 heterocycles. The Kier molecular flexibility index (Phi) is 1.75. The van der Waals surface area contributed by atoms with Crippen molar-refractivity contribution in [3.05, 3.63) is 18.4 Å². The third kappa shape index (κ3) is 1.18. The summed E-state index contributed by atoms with van der Waals surface area (Å²) in [7, 11) is -3.59. The Bertz CT molecular complexity index is 288. The van der Waals surface area contributed by atoms with Gasteiger partial charge >= 0.3 is 0 Å². The second kappa shape index (κ2) is 2.41. The van der Waals surface area contributed by atoms with Gasteiger partial charge in [0.1, 0.15) is 0 Å². The van der Waals surface area contributed by atoms with Gasteiger partial charge in [-0.25, -0.2) is 8.42 Å². The number of furan rings is 1. The third-order valence-corrected chi connectivity index (χ3v) is 1.99. The lowest BCUT2D eigenvalue weighted by Gasteiger charge is -1.94. The average molecular weight is 162 g/mol. The fourth-order valence-corrected chi connectivity index (χ4v) is 1.03. The van der Waals surface area contributed by atoms with E-state index in [0.717, 1.165) is 0 Å². The number of rotatable bonds is 2. The highest BCUT2D eigenvalue weighted by Crippen LogP contribution is 2.06. The van der Waals surface area contributed by atoms with Gasteiger partial charge in [-0.05, 0) is 12.1 Å². The molecule has 1 aromatic heterocycles. The zero-order valence-corrected chi connectivity index (χ0v) is 5.76. The van der Waals surface area contributed by atoms with Crippen molar-refractivity contribution >= 4 is 10.0 Å². The van der Waals surface area contributed by atoms with Crippen LogP contribution >= 0.6 is 0 Å². The molecule has 0 amide bonds. The van der Waals surface area contributed by atoms with E-state index in [0.29, 0.717) is 0 Å². The van der Waals surface area contributed by atoms with Crippen LogP contribution in [-0.4, -0.2) is 8.42 Å². The summed E-state index contributed by atoms with van der Waals surface area (Å²) in [5.41, 5.74) is 0. The maximum atomic E-state index is 10.7. The van der Waals surface area contributed by atoms with Crippen molar-refractivity contribution in [2.45, 2.75) is 5.09 Å². The molecule has 5 nitrogen and oxygen atoms in total. The zero-order valence-electron chi connectivity index (χ0n) is 4.94. The van der Waals surface area contributed by atoms with Gasteiger partial charge in [0, 0.05) is 0 Å². The summed E-state index contributed by atoms with van der Waals surface area (Å²) in [6.07, 6.45) is 1.25. The van der Waals surface area contributed by atoms with E-state index in [1.807, 2.05) is 0 Å². The van der Waals surface area contributed by atoms with E-state index in [2.05, 4.69) is 4.42 Å². The predicted molar refractivity (Wildman–Crippen MR) is 33.2 cm³/mol. The van der Waals surface area contributed by atoms with Crippen LogP contribution in [0.5, 0.6) is 0 Å². The Morgan fingerprint density at radius 2 is 2.30 bits per heavy atom. The highest BCUT2D eigenvalue weighted by Gasteiger charge is 2.13. The summed E-state index contributed by atoms with van der Waals surface area (Å²) in [5, 5.41) is -0.185. The van der Waals surface area contributed by atoms with Gasteiger partial charge in [0.15, 0.2) is 0 Å². The maximum Gasteiger partial charge on any atom is 0.286 e. The highest BCUT2D eigenvalue weighted by atomic mass is 32.2. The molecule has 0 aliphatic rings. The number of hydrazine groups is 1. The average Bonchev–Trinajstić information content (AvgIpc) is 2.38. The monoisotopic (exact) mass is 162 g/mol. The Hall–Kier alpha value is -0.850. The molecule has 0 saturated heterocycles. The summed E-state index contributed by atoms with van der Waals surface area (Å²) >= 11 is 0. The summed E-state index contributed by atoms with van der Waals surface area (Å²) in [5.74, 6) is 4.70. The van der Waals surface area contributed by atoms with Gasteiger partial charge in [-0.3, -0.25) is 5.84 Å². The quantitative estimate of drug-likeness (QED) is 0.450. The number of nitrogens with one attached hydrogen (secondary N) is 1. The Balaban J connectivity index is 3.09. The van der Waals surface area contributed by atoms with Crippen molar-refractivity contribution in [3.8, 4) is 0 Å². The van der Waals surface area contributed by atoms with Crippen molar-refractivity contribution in [3.63, 3.8) is 0 Å². The smallest absolute Gasteiger partial charge is 0.286 e. The molecule has 3 N–H and O–H groups in total. The molecule has 0 atom stereocenters. The predicted octanol–water partition coefficient (Wildman–Crippen LogP) is -0.568. The molecule has 0 aliphatic heterocycles. The van der Waals surface area contributed by atoms with Crippen molar-refractivity contribution in [1.29, 1.82) is 0 Å². The second-order valence-corrected chi connectivity index (χ2v) is 3.20. The van der Waals surface area contributed by atoms with Gasteiger partial charge in [-0.15, -0.1) is 4.83 Å². The van der Waals surface area contributed by atoms with E-state index in [-0.39, 0.29) is 5.09 Å². The highest BCUT2D eigenvalue weighted by molar-refractivity contribution is 7.89. The maximum absolute atomic E-state index is 10.7. The van der Waals surface area contributed by atoms with Gasteiger partial charge in [0.2, 0.25) is 5.09 Å². The summed E-state index contributed by atoms with van der Waals surface area (Å²) < 4.78 is 26.0. The molecular weight excluding hydrogens is 156 g/mol. The third-order valence-electron chi connectivity index (χ3n) is 0.915. The molecule has 0 spiro atoms. The molecule has 0 saturated carbocycles. The van der Waals surface area contributed by atoms with E-state index in [1.54, 1.807) is 4.83 Å². The van der Waals surface area contributed by atoms with Crippen LogP contribution in [0.15, 0.2) is 27.9 Å². The molecule has 0 aromatic carbocycles. The van der Waals surface area contributed by atoms with Gasteiger partial charge in [-0.1, -0.05) is 0 Å². The first kappa shape index (κ1) is 7.26. The van der Waals surface area contributed by atoms with Crippen molar-refractivity contribution in [1.82, 2.24) is 4.83 Å². The lowest BCUT2D eigenvalue weighted by molar-refractivity contribution is 0.446. The van der Waals surface area contributed by atoms with Gasteiger partial charge in [0.05, 0.1) is 6.26 Å². The molecule has 6 heteroatoms. The van der Waals surface area contributed by atoms with E-state index in [4.69, 9.17) is 5.84 Å². The topological polar surface area (TPSA) is 85.3 Å². The summed E-state index contributed by atoms with van der Waals surface area (Å²) in [4.78, 5) is 1.62. The molecule has 0 unspecified atom stereocenters. The van der Waals surface area contributed by atoms with E-state index < -0.39 is 10.0 Å². The van der Waals surface area contributed by atoms with Crippen LogP contribution in [0.2, 0.25) is 0 Å².